The van der Waals surface area contributed by atoms with Crippen LogP contribution >= 0.6 is 23.2 Å². The number of hydrogen-bond acceptors (Lipinski definition) is 3. The van der Waals surface area contributed by atoms with E-state index in [0.29, 0.717) is 0 Å². The second-order valence-corrected chi connectivity index (χ2v) is 6.47. The van der Waals surface area contributed by atoms with Crippen LogP contribution in [0.5, 0.6) is 5.75 Å². The summed E-state index contributed by atoms with van der Waals surface area (Å²) in [4.78, 5) is 13.5. The number of benzene rings is 2. The lowest BCUT2D eigenvalue weighted by Crippen LogP contribution is -2.32. The van der Waals surface area contributed by atoms with E-state index in [1.54, 1.807) is 0 Å². The monoisotopic (exact) mass is 452 g/mol. The molecule has 5 nitrogen and oxygen atoms in total. The molecule has 0 aromatic heterocycles. The summed E-state index contributed by atoms with van der Waals surface area (Å²) in [6.45, 7) is 1.52. The molecule has 0 saturated carbocycles. The van der Waals surface area contributed by atoms with Gasteiger partial charge >= 0.3 is 12.1 Å². The van der Waals surface area contributed by atoms with E-state index in [2.05, 4.69) is 15.0 Å². The molecule has 0 radical (unpaired) electrons. The fraction of sp³-hybridized carbons (Fsp3) is 0.222. The summed E-state index contributed by atoms with van der Waals surface area (Å²) < 4.78 is 64.3. The summed E-state index contributed by atoms with van der Waals surface area (Å²) in [5, 5.41) is 2.25. The Morgan fingerprint density at radius 1 is 1.17 bits per heavy atom. The van der Waals surface area contributed by atoms with Crippen molar-refractivity contribution in [3.63, 3.8) is 0 Å². The van der Waals surface area contributed by atoms with Crippen molar-refractivity contribution < 1.29 is 31.8 Å². The molecule has 29 heavy (non-hydrogen) atoms. The molecule has 0 saturated heterocycles. The van der Waals surface area contributed by atoms with E-state index < -0.39 is 40.1 Å². The minimum atomic E-state index is -3.87. The molecule has 0 heterocycles. The first-order valence-electron chi connectivity index (χ1n) is 8.06. The SMILES string of the molecule is CCOC(=NC(=O)Nc1cccc(OC(F)(F)C(Cl)Cl)c1)c1c(F)cccc1F. The molecular formula is C18H14Cl2F4N2O3. The van der Waals surface area contributed by atoms with Crippen LogP contribution in [0, 0.1) is 11.6 Å². The summed E-state index contributed by atoms with van der Waals surface area (Å²) >= 11 is 10.3. The van der Waals surface area contributed by atoms with Crippen LogP contribution in [0.2, 0.25) is 0 Å². The van der Waals surface area contributed by atoms with Gasteiger partial charge in [0.15, 0.2) is 0 Å². The van der Waals surface area contributed by atoms with E-state index >= 15 is 0 Å². The highest BCUT2D eigenvalue weighted by Crippen LogP contribution is 2.31. The van der Waals surface area contributed by atoms with E-state index in [4.69, 9.17) is 27.9 Å². The first-order chi connectivity index (χ1) is 13.6. The number of carbonyl (C=O) groups is 1. The molecule has 156 valence electrons. The minimum Gasteiger partial charge on any atom is -0.477 e. The van der Waals surface area contributed by atoms with Crippen LogP contribution < -0.4 is 10.1 Å². The zero-order valence-corrected chi connectivity index (χ0v) is 16.3. The molecule has 2 aromatic rings. The lowest BCUT2D eigenvalue weighted by molar-refractivity contribution is -0.163. The number of aliphatic imine (C=N–C) groups is 1. The highest BCUT2D eigenvalue weighted by atomic mass is 35.5. The molecule has 0 aliphatic heterocycles. The van der Waals surface area contributed by atoms with E-state index in [-0.39, 0.29) is 18.0 Å². The zero-order chi connectivity index (χ0) is 21.6. The summed E-state index contributed by atoms with van der Waals surface area (Å²) in [5.41, 5.74) is -0.603. The largest absolute Gasteiger partial charge is 0.477 e. The number of urea groups is 1. The number of anilines is 1. The standard InChI is InChI=1S/C18H14Cl2F4N2O3/c1-2-28-15(14-12(21)7-4-8-13(14)22)26-17(27)25-10-5-3-6-11(9-10)29-18(23,24)16(19)20/h3-9,16H,2H2,1H3,(H,25,27). The van der Waals surface area contributed by atoms with Gasteiger partial charge < -0.3 is 14.8 Å². The van der Waals surface area contributed by atoms with Gasteiger partial charge in [-0.2, -0.15) is 13.8 Å². The predicted octanol–water partition coefficient (Wildman–Crippen LogP) is 5.76. The maximum atomic E-state index is 13.9. The van der Waals surface area contributed by atoms with Crippen LogP contribution in [-0.2, 0) is 4.74 Å². The Kier molecular flexibility index (Phi) is 7.69. The second kappa shape index (κ2) is 9.80. The third kappa shape index (κ3) is 6.23. The lowest BCUT2D eigenvalue weighted by atomic mass is 10.2. The van der Waals surface area contributed by atoms with Gasteiger partial charge in [-0.25, -0.2) is 13.6 Å². The molecule has 0 aliphatic rings. The lowest BCUT2D eigenvalue weighted by Gasteiger charge is -2.19. The molecule has 1 N–H and O–H groups in total. The van der Waals surface area contributed by atoms with Crippen molar-refractivity contribution in [2.24, 2.45) is 4.99 Å². The molecule has 2 amide bonds. The number of nitrogens with zero attached hydrogens (tertiary/aromatic N) is 1. The highest BCUT2D eigenvalue weighted by molar-refractivity contribution is 6.44. The number of nitrogens with one attached hydrogen (secondary N) is 1. The molecule has 0 aliphatic carbocycles. The Bertz CT molecular complexity index is 890. The fourth-order valence-corrected chi connectivity index (χ4v) is 2.17. The van der Waals surface area contributed by atoms with Crippen molar-refractivity contribution >= 4 is 40.8 Å². The van der Waals surface area contributed by atoms with Crippen molar-refractivity contribution in [3.8, 4) is 5.75 Å². The Morgan fingerprint density at radius 2 is 1.79 bits per heavy atom. The van der Waals surface area contributed by atoms with Crippen LogP contribution in [0.4, 0.5) is 28.0 Å². The molecule has 0 fully saturated rings. The highest BCUT2D eigenvalue weighted by Gasteiger charge is 2.40. The maximum absolute atomic E-state index is 13.9. The van der Waals surface area contributed by atoms with Crippen LogP contribution in [-0.4, -0.2) is 29.5 Å². The summed E-state index contributed by atoms with van der Waals surface area (Å²) in [7, 11) is 0. The zero-order valence-electron chi connectivity index (χ0n) is 14.8. The third-order valence-electron chi connectivity index (χ3n) is 3.25. The molecule has 0 unspecified atom stereocenters. The van der Waals surface area contributed by atoms with E-state index in [1.165, 1.54) is 25.1 Å². The third-order valence-corrected chi connectivity index (χ3v) is 3.76. The molecular weight excluding hydrogens is 439 g/mol. The van der Waals surface area contributed by atoms with Crippen molar-refractivity contribution in [1.29, 1.82) is 0 Å². The average molecular weight is 453 g/mol. The molecule has 0 atom stereocenters. The van der Waals surface area contributed by atoms with Gasteiger partial charge in [0, 0.05) is 11.8 Å². The number of halogens is 6. The van der Waals surface area contributed by atoms with Crippen molar-refractivity contribution in [2.45, 2.75) is 17.9 Å². The summed E-state index contributed by atoms with van der Waals surface area (Å²) in [6, 6.07) is 6.94. The maximum Gasteiger partial charge on any atom is 0.428 e. The number of carbonyl (C=O) groups excluding carboxylic acids is 1. The average Bonchev–Trinajstić information content (AvgIpc) is 2.61. The van der Waals surface area contributed by atoms with Crippen molar-refractivity contribution in [2.75, 3.05) is 11.9 Å². The summed E-state index contributed by atoms with van der Waals surface area (Å²) in [5.74, 6) is -2.86. The van der Waals surface area contributed by atoms with Gasteiger partial charge in [0.25, 0.3) is 0 Å². The van der Waals surface area contributed by atoms with Gasteiger partial charge in [0.05, 0.1) is 6.61 Å². The smallest absolute Gasteiger partial charge is 0.428 e. The quantitative estimate of drug-likeness (QED) is 0.262. The van der Waals surface area contributed by atoms with Crippen LogP contribution in [0.1, 0.15) is 12.5 Å². The van der Waals surface area contributed by atoms with Crippen LogP contribution in [0.3, 0.4) is 0 Å². The Labute approximate surface area is 173 Å². The Balaban J connectivity index is 2.23. The topological polar surface area (TPSA) is 59.9 Å². The molecule has 2 rings (SSSR count). The first-order valence-corrected chi connectivity index (χ1v) is 8.93. The summed E-state index contributed by atoms with van der Waals surface area (Å²) in [6.07, 6.45) is -3.87. The van der Waals surface area contributed by atoms with Gasteiger partial charge in [-0.3, -0.25) is 0 Å². The second-order valence-electron chi connectivity index (χ2n) is 5.37. The Hall–Kier alpha value is -2.52. The predicted molar refractivity (Wildman–Crippen MR) is 101 cm³/mol. The normalized spacial score (nSPS) is 12.1. The van der Waals surface area contributed by atoms with Crippen LogP contribution in [0.15, 0.2) is 47.5 Å². The molecule has 0 spiro atoms. The number of hydrogen-bond donors (Lipinski definition) is 1. The van der Waals surface area contributed by atoms with Gasteiger partial charge in [-0.1, -0.05) is 35.3 Å². The van der Waals surface area contributed by atoms with Gasteiger partial charge in [0.2, 0.25) is 10.7 Å². The van der Waals surface area contributed by atoms with E-state index in [0.717, 1.165) is 24.3 Å². The van der Waals surface area contributed by atoms with Crippen LogP contribution in [0.25, 0.3) is 0 Å². The van der Waals surface area contributed by atoms with Gasteiger partial charge in [0.1, 0.15) is 22.9 Å². The number of rotatable bonds is 6. The molecule has 0 bridgehead atoms. The number of amides is 2. The fourth-order valence-electron chi connectivity index (χ4n) is 2.08. The van der Waals surface area contributed by atoms with Gasteiger partial charge in [-0.05, 0) is 31.2 Å². The minimum absolute atomic E-state index is 0.0117. The molecule has 2 aromatic carbocycles. The molecule has 11 heteroatoms. The Morgan fingerprint density at radius 3 is 2.38 bits per heavy atom. The first kappa shape index (κ1) is 22.8. The van der Waals surface area contributed by atoms with E-state index in [1.807, 2.05) is 0 Å². The van der Waals surface area contributed by atoms with Crippen molar-refractivity contribution in [1.82, 2.24) is 0 Å². The number of ether oxygens (including phenoxy) is 2. The van der Waals surface area contributed by atoms with E-state index in [9.17, 15) is 22.4 Å². The van der Waals surface area contributed by atoms with Gasteiger partial charge in [-0.15, -0.1) is 0 Å². The van der Waals surface area contributed by atoms with Crippen molar-refractivity contribution in [3.05, 3.63) is 59.7 Å². The number of alkyl halides is 4.